The van der Waals surface area contributed by atoms with E-state index in [1.807, 2.05) is 18.2 Å². The Morgan fingerprint density at radius 3 is 2.84 bits per heavy atom. The first kappa shape index (κ1) is 14.4. The summed E-state index contributed by atoms with van der Waals surface area (Å²) < 4.78 is 7.52. The minimum Gasteiger partial charge on any atom is -0.496 e. The lowest BCUT2D eigenvalue weighted by Gasteiger charge is -2.11. The molecular formula is C12H9BrCl2N2O2. The third-order valence-corrected chi connectivity index (χ3v) is 3.74. The van der Waals surface area contributed by atoms with Gasteiger partial charge in [-0.05, 0) is 18.2 Å². The van der Waals surface area contributed by atoms with Crippen LogP contribution in [0, 0.1) is 0 Å². The van der Waals surface area contributed by atoms with Gasteiger partial charge in [-0.25, -0.2) is 4.98 Å². The van der Waals surface area contributed by atoms with Crippen LogP contribution in [0.2, 0.25) is 10.2 Å². The molecule has 0 aliphatic rings. The van der Waals surface area contributed by atoms with E-state index in [4.69, 9.17) is 27.9 Å². The van der Waals surface area contributed by atoms with Gasteiger partial charge in [-0.15, -0.1) is 0 Å². The van der Waals surface area contributed by atoms with Gasteiger partial charge in [0.05, 0.1) is 20.0 Å². The molecule has 0 radical (unpaired) electrons. The maximum atomic E-state index is 11.9. The Labute approximate surface area is 128 Å². The number of hydrogen-bond donors (Lipinski definition) is 0. The molecule has 0 saturated heterocycles. The average molecular weight is 364 g/mol. The molecule has 0 aliphatic heterocycles. The largest absolute Gasteiger partial charge is 0.496 e. The smallest absolute Gasteiger partial charge is 0.273 e. The van der Waals surface area contributed by atoms with Crippen molar-refractivity contribution in [1.29, 1.82) is 0 Å². The van der Waals surface area contributed by atoms with Crippen LogP contribution in [-0.4, -0.2) is 16.7 Å². The van der Waals surface area contributed by atoms with Gasteiger partial charge < -0.3 is 4.74 Å². The Morgan fingerprint density at radius 1 is 1.42 bits per heavy atom. The van der Waals surface area contributed by atoms with Crippen molar-refractivity contribution in [3.05, 3.63) is 55.1 Å². The molecule has 100 valence electrons. The fourth-order valence-electron chi connectivity index (χ4n) is 1.61. The third kappa shape index (κ3) is 3.11. The highest BCUT2D eigenvalue weighted by atomic mass is 79.9. The Balaban J connectivity index is 2.44. The summed E-state index contributed by atoms with van der Waals surface area (Å²) in [5.41, 5.74) is 0.447. The van der Waals surface area contributed by atoms with E-state index in [0.717, 1.165) is 10.0 Å². The van der Waals surface area contributed by atoms with E-state index in [1.165, 1.54) is 10.9 Å². The Bertz CT molecular complexity index is 673. The predicted molar refractivity (Wildman–Crippen MR) is 78.3 cm³/mol. The minimum atomic E-state index is -0.385. The van der Waals surface area contributed by atoms with Crippen molar-refractivity contribution >= 4 is 39.1 Å². The zero-order valence-corrected chi connectivity index (χ0v) is 13.0. The van der Waals surface area contributed by atoms with Gasteiger partial charge in [0.15, 0.2) is 5.15 Å². The molecule has 0 aliphatic carbocycles. The lowest BCUT2D eigenvalue weighted by Crippen LogP contribution is -2.21. The lowest BCUT2D eigenvalue weighted by molar-refractivity contribution is 0.408. The normalized spacial score (nSPS) is 10.5. The fourth-order valence-corrected chi connectivity index (χ4v) is 2.30. The van der Waals surface area contributed by atoms with Crippen LogP contribution in [0.5, 0.6) is 5.75 Å². The van der Waals surface area contributed by atoms with Crippen molar-refractivity contribution in [2.24, 2.45) is 0 Å². The first-order valence-corrected chi connectivity index (χ1v) is 6.80. The number of methoxy groups -OCH3 is 1. The Hall–Kier alpha value is -1.04. The molecule has 2 rings (SSSR count). The first-order valence-electron chi connectivity index (χ1n) is 5.25. The molecule has 19 heavy (non-hydrogen) atoms. The van der Waals surface area contributed by atoms with Crippen molar-refractivity contribution in [2.75, 3.05) is 7.11 Å². The van der Waals surface area contributed by atoms with Gasteiger partial charge in [-0.3, -0.25) is 9.36 Å². The van der Waals surface area contributed by atoms with Crippen molar-refractivity contribution in [3.8, 4) is 5.75 Å². The van der Waals surface area contributed by atoms with E-state index in [-0.39, 0.29) is 15.7 Å². The molecular weight excluding hydrogens is 355 g/mol. The molecule has 0 fully saturated rings. The maximum Gasteiger partial charge on any atom is 0.273 e. The highest BCUT2D eigenvalue weighted by Gasteiger charge is 2.10. The van der Waals surface area contributed by atoms with Gasteiger partial charge in [-0.2, -0.15) is 0 Å². The Kier molecular flexibility index (Phi) is 4.50. The highest BCUT2D eigenvalue weighted by molar-refractivity contribution is 9.10. The van der Waals surface area contributed by atoms with Crippen LogP contribution in [0.3, 0.4) is 0 Å². The molecule has 0 saturated carbocycles. The molecule has 0 amide bonds. The summed E-state index contributed by atoms with van der Waals surface area (Å²) in [7, 11) is 1.57. The molecule has 4 nitrogen and oxygen atoms in total. The average Bonchev–Trinajstić information content (AvgIpc) is 2.40. The summed E-state index contributed by atoms with van der Waals surface area (Å²) in [6.45, 7) is 0.297. The van der Waals surface area contributed by atoms with Crippen LogP contribution < -0.4 is 10.3 Å². The summed E-state index contributed by atoms with van der Waals surface area (Å²) in [6.07, 6.45) is 1.36. The third-order valence-electron chi connectivity index (χ3n) is 2.52. The predicted octanol–water partition coefficient (Wildman–Crippen LogP) is 3.37. The topological polar surface area (TPSA) is 44.1 Å². The quantitative estimate of drug-likeness (QED) is 0.785. The second-order valence-corrected chi connectivity index (χ2v) is 5.39. The van der Waals surface area contributed by atoms with E-state index < -0.39 is 0 Å². The van der Waals surface area contributed by atoms with Crippen LogP contribution in [-0.2, 0) is 6.54 Å². The standard InChI is InChI=1S/C12H9BrCl2N2O2/c1-19-9-3-2-8(13)4-7(9)5-17-6-16-11(15)10(14)12(17)18/h2-4,6H,5H2,1H3. The van der Waals surface area contributed by atoms with Gasteiger partial charge in [-0.1, -0.05) is 39.1 Å². The summed E-state index contributed by atoms with van der Waals surface area (Å²) in [5.74, 6) is 0.682. The first-order chi connectivity index (χ1) is 9.02. The molecule has 1 aromatic heterocycles. The fraction of sp³-hybridized carbons (Fsp3) is 0.167. The summed E-state index contributed by atoms with van der Waals surface area (Å²) >= 11 is 14.8. The van der Waals surface area contributed by atoms with Gasteiger partial charge in [0, 0.05) is 10.0 Å². The van der Waals surface area contributed by atoms with E-state index in [2.05, 4.69) is 20.9 Å². The summed E-state index contributed by atoms with van der Waals surface area (Å²) in [6, 6.07) is 5.54. The Morgan fingerprint density at radius 2 is 2.16 bits per heavy atom. The summed E-state index contributed by atoms with van der Waals surface area (Å²) in [5, 5.41) is -0.0812. The number of aromatic nitrogens is 2. The van der Waals surface area contributed by atoms with Crippen LogP contribution in [0.4, 0.5) is 0 Å². The van der Waals surface area contributed by atoms with E-state index in [0.29, 0.717) is 12.3 Å². The van der Waals surface area contributed by atoms with E-state index >= 15 is 0 Å². The molecule has 0 spiro atoms. The molecule has 0 atom stereocenters. The van der Waals surface area contributed by atoms with Crippen LogP contribution in [0.15, 0.2) is 33.8 Å². The highest BCUT2D eigenvalue weighted by Crippen LogP contribution is 2.23. The maximum absolute atomic E-state index is 11.9. The number of nitrogens with zero attached hydrogens (tertiary/aromatic N) is 2. The summed E-state index contributed by atoms with van der Waals surface area (Å²) in [4.78, 5) is 15.8. The molecule has 2 aromatic rings. The van der Waals surface area contributed by atoms with Crippen molar-refractivity contribution < 1.29 is 4.74 Å². The molecule has 7 heteroatoms. The van der Waals surface area contributed by atoms with E-state index in [1.54, 1.807) is 7.11 Å². The van der Waals surface area contributed by atoms with Crippen molar-refractivity contribution in [3.63, 3.8) is 0 Å². The van der Waals surface area contributed by atoms with Crippen molar-refractivity contribution in [2.45, 2.75) is 6.54 Å². The number of rotatable bonds is 3. The molecule has 0 N–H and O–H groups in total. The number of benzene rings is 1. The molecule has 1 heterocycles. The second-order valence-electron chi connectivity index (χ2n) is 3.74. The van der Waals surface area contributed by atoms with Crippen LogP contribution in [0.1, 0.15) is 5.56 Å². The van der Waals surface area contributed by atoms with E-state index in [9.17, 15) is 4.79 Å². The number of halogens is 3. The van der Waals surface area contributed by atoms with Gasteiger partial charge in [0.2, 0.25) is 0 Å². The monoisotopic (exact) mass is 362 g/mol. The number of hydrogen-bond acceptors (Lipinski definition) is 3. The molecule has 1 aromatic carbocycles. The van der Waals surface area contributed by atoms with Gasteiger partial charge in [0.25, 0.3) is 5.56 Å². The second kappa shape index (κ2) is 5.94. The van der Waals surface area contributed by atoms with Crippen molar-refractivity contribution in [1.82, 2.24) is 9.55 Å². The minimum absolute atomic E-state index is 0.00382. The van der Waals surface area contributed by atoms with Crippen LogP contribution in [0.25, 0.3) is 0 Å². The lowest BCUT2D eigenvalue weighted by atomic mass is 10.2. The van der Waals surface area contributed by atoms with Gasteiger partial charge in [0.1, 0.15) is 10.8 Å². The number of ether oxygens (including phenoxy) is 1. The SMILES string of the molecule is COc1ccc(Br)cc1Cn1cnc(Cl)c(Cl)c1=O. The molecule has 0 unspecified atom stereocenters. The van der Waals surface area contributed by atoms with Gasteiger partial charge >= 0.3 is 0 Å². The zero-order valence-electron chi connectivity index (χ0n) is 9.86. The molecule has 0 bridgehead atoms. The van der Waals surface area contributed by atoms with Crippen LogP contribution >= 0.6 is 39.1 Å². The zero-order chi connectivity index (χ0) is 14.0.